The van der Waals surface area contributed by atoms with E-state index in [9.17, 15) is 0 Å². The summed E-state index contributed by atoms with van der Waals surface area (Å²) in [6, 6.07) is 0. The SMILES string of the molecule is [2NH3].c1c[nH]cn1. The average molecular weight is 73.1 g/mol. The molecule has 0 fully saturated rings. The highest BCUT2D eigenvalue weighted by Gasteiger charge is 1.56. The van der Waals surface area contributed by atoms with Crippen molar-refractivity contribution in [1.29, 1.82) is 0 Å². The number of aromatic amines is 1. The largest absolute Gasteiger partial charge is 0.351 e. The fourth-order valence-electron chi connectivity index (χ4n) is 0.215. The van der Waals surface area contributed by atoms with Crippen molar-refractivity contribution in [2.24, 2.45) is 0 Å². The van der Waals surface area contributed by atoms with E-state index in [0.29, 0.717) is 0 Å². The maximum Gasteiger partial charge on any atom is 0.0919 e. The van der Waals surface area contributed by atoms with Crippen LogP contribution in [0.4, 0.5) is 0 Å². The van der Waals surface area contributed by atoms with E-state index in [-0.39, 0.29) is 6.15 Å². The molecule has 1 heterocycles. The molecule has 34 valence electrons. The normalized spacial score (nSPS) is 6.67. The third-order valence-corrected chi connectivity index (χ3v) is 0.406. The molecule has 0 bridgehead atoms. The highest BCUT2D eigenvalue weighted by atomic mass is 14.8. The van der Waals surface area contributed by atoms with Gasteiger partial charge in [-0.3, -0.25) is 0 Å². The lowest BCUT2D eigenvalue weighted by molar-refractivity contribution is 1.31. The summed E-state index contributed by atoms with van der Waals surface area (Å²) < 4.78 is 0. The second kappa shape index (κ2) is 2.41. The molecule has 6 heavy (non-hydrogen) atoms. The van der Waals surface area contributed by atoms with Crippen LogP contribution in [0.5, 0.6) is 0 Å². The first-order valence-corrected chi connectivity index (χ1v) is 1.43. The molecule has 0 radical (unpaired) electrons. The van der Waals surface area contributed by atoms with Crippen molar-refractivity contribution in [3.63, 3.8) is 0 Å². The van der Waals surface area contributed by atoms with E-state index in [2.05, 4.69) is 9.97 Å². The molecule has 0 aromatic carbocycles. The number of nitrogens with one attached hydrogen (secondary N) is 1. The van der Waals surface area contributed by atoms with Crippen LogP contribution in [0.25, 0.3) is 0 Å². The summed E-state index contributed by atoms with van der Waals surface area (Å²) in [4.78, 5) is 6.42. The van der Waals surface area contributed by atoms with Crippen LogP contribution in [0.2, 0.25) is 0 Å². The molecule has 0 amide bonds. The topological polar surface area (TPSA) is 63.7 Å². The molecule has 0 saturated heterocycles. The van der Waals surface area contributed by atoms with Crippen LogP contribution >= 0.6 is 0 Å². The lowest BCUT2D eigenvalue weighted by Crippen LogP contribution is -1.44. The monoisotopic (exact) mass is 73.1 g/mol. The Kier molecular flexibility index (Phi) is 2.08. The van der Waals surface area contributed by atoms with Crippen LogP contribution in [-0.2, 0) is 0 Å². The Morgan fingerprint density at radius 3 is 2.50 bits per heavy atom. The number of H-pyrrole nitrogens is 1. The molecule has 3 heteroatoms. The molecule has 1 aromatic heterocycles. The molecule has 0 spiro atoms. The summed E-state index contributed by atoms with van der Waals surface area (Å²) in [7, 11) is 0. The number of imidazole rings is 1. The van der Waals surface area contributed by atoms with Gasteiger partial charge in [-0.1, -0.05) is 0 Å². The number of nitrogens with zero attached hydrogens (tertiary/aromatic N) is 1. The van der Waals surface area contributed by atoms with Crippen molar-refractivity contribution >= 4 is 0 Å². The highest BCUT2D eigenvalue weighted by molar-refractivity contribution is 4.64. The van der Waals surface area contributed by atoms with Gasteiger partial charge in [-0.25, -0.2) is 4.98 Å². The first kappa shape index (κ1) is 5.17. The van der Waals surface area contributed by atoms with Crippen molar-refractivity contribution in [2.45, 2.75) is 0 Å². The van der Waals surface area contributed by atoms with E-state index < -0.39 is 0 Å². The number of hydrogen-bond acceptors (Lipinski definition) is 2. The van der Waals surface area contributed by atoms with E-state index in [1.54, 1.807) is 18.7 Å². The van der Waals surface area contributed by atoms with Gasteiger partial charge < -0.3 is 11.1 Å². The van der Waals surface area contributed by atoms with Gasteiger partial charge >= 0.3 is 0 Å². The molecule has 4 N–H and O–H groups in total. The zero-order chi connectivity index (χ0) is 3.54. The van der Waals surface area contributed by atoms with Gasteiger partial charge in [0, 0.05) is 12.4 Å². The molecular formula is C3H7N3. The Morgan fingerprint density at radius 2 is 2.33 bits per heavy atom. The summed E-state index contributed by atoms with van der Waals surface area (Å²) in [6.45, 7) is 0. The standard InChI is InChI=1S/C3H4N2.H3N/c1-2-5-3-4-1;/h1-3H,(H,4,5);1H3/i;1-12. The van der Waals surface area contributed by atoms with Crippen LogP contribution in [0, 0.1) is 0 Å². The second-order valence-electron chi connectivity index (χ2n) is 0.761. The quantitative estimate of drug-likeness (QED) is 0.471. The Balaban J connectivity index is 0.000000250. The van der Waals surface area contributed by atoms with E-state index in [1.807, 2.05) is 0 Å². The van der Waals surface area contributed by atoms with E-state index >= 15 is 0 Å². The van der Waals surface area contributed by atoms with Crippen molar-refractivity contribution in [3.8, 4) is 0 Å². The predicted octanol–water partition coefficient (Wildman–Crippen LogP) is 0.572. The van der Waals surface area contributed by atoms with E-state index in [4.69, 9.17) is 0 Å². The highest BCUT2D eigenvalue weighted by Crippen LogP contribution is 1.62. The van der Waals surface area contributed by atoms with Crippen molar-refractivity contribution in [2.75, 3.05) is 0 Å². The maximum atomic E-state index is 3.67. The number of rotatable bonds is 0. The Hall–Kier alpha value is -0.830. The van der Waals surface area contributed by atoms with Crippen molar-refractivity contribution in [1.82, 2.24) is 16.1 Å². The average Bonchev–Trinajstić information content (AvgIpc) is 1.76. The first-order valence-electron chi connectivity index (χ1n) is 1.43. The molecular weight excluding hydrogens is 66.0 g/mol. The molecule has 0 saturated carbocycles. The fourth-order valence-corrected chi connectivity index (χ4v) is 0.215. The number of hydrogen-bond donors (Lipinski definition) is 2. The van der Waals surface area contributed by atoms with Gasteiger partial charge in [0.25, 0.3) is 0 Å². The number of aromatic nitrogens is 2. The lowest BCUT2D eigenvalue weighted by Gasteiger charge is -1.46. The van der Waals surface area contributed by atoms with Gasteiger partial charge in [-0.05, 0) is 0 Å². The molecule has 3 nitrogen and oxygen atoms in total. The van der Waals surface area contributed by atoms with Gasteiger partial charge in [-0.15, -0.1) is 0 Å². The Bertz CT molecular complexity index is 62.5. The van der Waals surface area contributed by atoms with Gasteiger partial charge in [0.2, 0.25) is 0 Å². The molecule has 0 atom stereocenters. The van der Waals surface area contributed by atoms with Crippen LogP contribution in [0.15, 0.2) is 18.7 Å². The Morgan fingerprint density at radius 1 is 1.50 bits per heavy atom. The van der Waals surface area contributed by atoms with Crippen molar-refractivity contribution < 1.29 is 0 Å². The minimum atomic E-state index is 0. The zero-order valence-electron chi connectivity index (χ0n) is 3.39. The summed E-state index contributed by atoms with van der Waals surface area (Å²) in [5, 5.41) is 0. The first-order chi connectivity index (χ1) is 2.50. The summed E-state index contributed by atoms with van der Waals surface area (Å²) >= 11 is 0. The molecule has 1 rings (SSSR count). The van der Waals surface area contributed by atoms with Gasteiger partial charge in [0.15, 0.2) is 0 Å². The van der Waals surface area contributed by atoms with Gasteiger partial charge in [-0.2, -0.15) is 0 Å². The van der Waals surface area contributed by atoms with E-state index in [0.717, 1.165) is 0 Å². The van der Waals surface area contributed by atoms with Gasteiger partial charge in [0.05, 0.1) is 6.33 Å². The third kappa shape index (κ3) is 0.858. The zero-order valence-corrected chi connectivity index (χ0v) is 3.39. The van der Waals surface area contributed by atoms with Crippen molar-refractivity contribution in [3.05, 3.63) is 18.7 Å². The molecule has 0 aliphatic heterocycles. The predicted molar refractivity (Wildman–Crippen MR) is 23.6 cm³/mol. The molecule has 0 aliphatic carbocycles. The van der Waals surface area contributed by atoms with Gasteiger partial charge in [0.1, 0.15) is 0 Å². The van der Waals surface area contributed by atoms with E-state index in [1.165, 1.54) is 0 Å². The van der Waals surface area contributed by atoms with Crippen LogP contribution < -0.4 is 6.15 Å². The lowest BCUT2D eigenvalue weighted by atomic mass is 2.00. The molecule has 0 unspecified atom stereocenters. The summed E-state index contributed by atoms with van der Waals surface area (Å²) in [5.74, 6) is 0. The summed E-state index contributed by atoms with van der Waals surface area (Å²) in [5.41, 5.74) is 0. The third-order valence-electron chi connectivity index (χ3n) is 0.406. The summed E-state index contributed by atoms with van der Waals surface area (Å²) in [6.07, 6.45) is 5.08. The van der Waals surface area contributed by atoms with Crippen LogP contribution in [-0.4, -0.2) is 9.97 Å². The maximum absolute atomic E-state index is 3.67. The smallest absolute Gasteiger partial charge is 0.0919 e. The fraction of sp³-hybridized carbons (Fsp3) is 0. The molecule has 0 aliphatic rings. The Labute approximate surface area is 36.0 Å². The van der Waals surface area contributed by atoms with Crippen LogP contribution in [0.3, 0.4) is 0 Å². The molecule has 1 aromatic rings. The minimum absolute atomic E-state index is 0. The van der Waals surface area contributed by atoms with Crippen LogP contribution in [0.1, 0.15) is 0 Å². The minimum Gasteiger partial charge on any atom is -0.351 e. The second-order valence-corrected chi connectivity index (χ2v) is 0.761.